The van der Waals surface area contributed by atoms with Crippen LogP contribution in [0.1, 0.15) is 21.6 Å². The lowest BCUT2D eigenvalue weighted by atomic mass is 10.1. The molecule has 0 bridgehead atoms. The van der Waals surface area contributed by atoms with Gasteiger partial charge in [0.1, 0.15) is 11.5 Å². The summed E-state index contributed by atoms with van der Waals surface area (Å²) in [5.74, 6) is 0.263. The zero-order chi connectivity index (χ0) is 17.2. The maximum atomic E-state index is 12.5. The first kappa shape index (κ1) is 17.1. The number of carbonyl (C=O) groups excluding carboxylic acids is 1. The number of halogens is 3. The van der Waals surface area contributed by atoms with Crippen molar-refractivity contribution in [3.63, 3.8) is 0 Å². The number of methoxy groups -OCH3 is 2. The van der Waals surface area contributed by atoms with Crippen molar-refractivity contribution in [2.24, 2.45) is 0 Å². The average molecular weight is 346 g/mol. The lowest BCUT2D eigenvalue weighted by molar-refractivity contribution is -0.140. The number of benzene rings is 1. The van der Waals surface area contributed by atoms with Crippen molar-refractivity contribution in [1.82, 2.24) is 4.98 Å². The number of alkyl halides is 3. The van der Waals surface area contributed by atoms with Gasteiger partial charge in [0.15, 0.2) is 10.8 Å². The van der Waals surface area contributed by atoms with Gasteiger partial charge in [-0.3, -0.25) is 10.1 Å². The van der Waals surface area contributed by atoms with Crippen LogP contribution in [0, 0.1) is 6.92 Å². The molecule has 1 amide bonds. The molecule has 1 aromatic carbocycles. The van der Waals surface area contributed by atoms with Gasteiger partial charge in [-0.15, -0.1) is 11.3 Å². The van der Waals surface area contributed by atoms with E-state index in [0.29, 0.717) is 28.4 Å². The molecule has 2 rings (SSSR count). The van der Waals surface area contributed by atoms with E-state index >= 15 is 0 Å². The number of ether oxygens (including phenoxy) is 2. The summed E-state index contributed by atoms with van der Waals surface area (Å²) in [5, 5.41) is 3.03. The summed E-state index contributed by atoms with van der Waals surface area (Å²) in [4.78, 5) is 15.5. The predicted octanol–water partition coefficient (Wildman–Crippen LogP) is 3.74. The van der Waals surface area contributed by atoms with Crippen molar-refractivity contribution in [2.45, 2.75) is 13.1 Å². The average Bonchev–Trinajstić information content (AvgIpc) is 2.96. The van der Waals surface area contributed by atoms with Gasteiger partial charge in [-0.1, -0.05) is 0 Å². The molecule has 1 aromatic heterocycles. The Bertz CT molecular complexity index is 703. The molecule has 9 heteroatoms. The Morgan fingerprint density at radius 2 is 1.78 bits per heavy atom. The number of aromatic nitrogens is 1. The summed E-state index contributed by atoms with van der Waals surface area (Å²) in [6.07, 6.45) is -4.55. The van der Waals surface area contributed by atoms with Crippen LogP contribution in [0.25, 0.3) is 0 Å². The molecule has 5 nitrogen and oxygen atoms in total. The molecule has 124 valence electrons. The first-order chi connectivity index (χ1) is 10.8. The number of thiazole rings is 1. The maximum Gasteiger partial charge on any atom is 0.434 e. The van der Waals surface area contributed by atoms with Crippen molar-refractivity contribution in [3.8, 4) is 11.5 Å². The van der Waals surface area contributed by atoms with Crippen LogP contribution in [0.3, 0.4) is 0 Å². The van der Waals surface area contributed by atoms with E-state index in [1.54, 1.807) is 6.92 Å². The van der Waals surface area contributed by atoms with Crippen LogP contribution in [-0.2, 0) is 6.18 Å². The van der Waals surface area contributed by atoms with Gasteiger partial charge in [-0.05, 0) is 19.1 Å². The van der Waals surface area contributed by atoms with Gasteiger partial charge in [0, 0.05) is 16.5 Å². The van der Waals surface area contributed by atoms with Crippen LogP contribution in [0.4, 0.5) is 18.3 Å². The lowest BCUT2D eigenvalue weighted by Crippen LogP contribution is -2.13. The third-order valence-electron chi connectivity index (χ3n) is 3.03. The topological polar surface area (TPSA) is 60.5 Å². The Morgan fingerprint density at radius 3 is 2.22 bits per heavy atom. The molecule has 2 aromatic rings. The van der Waals surface area contributed by atoms with Gasteiger partial charge in [-0.2, -0.15) is 13.2 Å². The minimum Gasteiger partial charge on any atom is -0.496 e. The third kappa shape index (κ3) is 3.73. The molecule has 0 saturated heterocycles. The van der Waals surface area contributed by atoms with Gasteiger partial charge < -0.3 is 9.47 Å². The predicted molar refractivity (Wildman–Crippen MR) is 79.4 cm³/mol. The van der Waals surface area contributed by atoms with Gasteiger partial charge in [0.2, 0.25) is 0 Å². The molecule has 1 N–H and O–H groups in total. The molecule has 0 saturated carbocycles. The Balaban J connectivity index is 2.26. The van der Waals surface area contributed by atoms with E-state index < -0.39 is 17.8 Å². The number of anilines is 1. The highest BCUT2D eigenvalue weighted by Crippen LogP contribution is 2.33. The highest BCUT2D eigenvalue weighted by molar-refractivity contribution is 7.14. The fourth-order valence-electron chi connectivity index (χ4n) is 1.85. The zero-order valence-corrected chi connectivity index (χ0v) is 13.3. The highest BCUT2D eigenvalue weighted by Gasteiger charge is 2.34. The summed E-state index contributed by atoms with van der Waals surface area (Å²) < 4.78 is 47.8. The number of amides is 1. The SMILES string of the molecule is COc1cc(C(=O)Nc2nc(C(F)(F)F)cs2)cc(OC)c1C. The van der Waals surface area contributed by atoms with Crippen LogP contribution in [0.15, 0.2) is 17.5 Å². The van der Waals surface area contributed by atoms with Gasteiger partial charge in [0.25, 0.3) is 5.91 Å². The molecular formula is C14H13F3N2O3S. The number of rotatable bonds is 4. The summed E-state index contributed by atoms with van der Waals surface area (Å²) in [7, 11) is 2.89. The lowest BCUT2D eigenvalue weighted by Gasteiger charge is -2.12. The van der Waals surface area contributed by atoms with Gasteiger partial charge in [0.05, 0.1) is 14.2 Å². The number of nitrogens with one attached hydrogen (secondary N) is 1. The highest BCUT2D eigenvalue weighted by atomic mass is 32.1. The number of hydrogen-bond donors (Lipinski definition) is 1. The van der Waals surface area contributed by atoms with Crippen LogP contribution < -0.4 is 14.8 Å². The molecule has 0 aliphatic heterocycles. The van der Waals surface area contributed by atoms with E-state index in [-0.39, 0.29) is 10.7 Å². The van der Waals surface area contributed by atoms with Gasteiger partial charge in [-0.25, -0.2) is 4.98 Å². The number of hydrogen-bond acceptors (Lipinski definition) is 5. The molecule has 0 aliphatic rings. The smallest absolute Gasteiger partial charge is 0.434 e. The molecule has 1 heterocycles. The first-order valence-corrected chi connectivity index (χ1v) is 7.21. The fourth-order valence-corrected chi connectivity index (χ4v) is 2.56. The molecule has 0 unspecified atom stereocenters. The van der Waals surface area contributed by atoms with Crippen LogP contribution >= 0.6 is 11.3 Å². The Hall–Kier alpha value is -2.29. The second-order valence-electron chi connectivity index (χ2n) is 4.50. The van der Waals surface area contributed by atoms with Crippen LogP contribution in [0.5, 0.6) is 11.5 Å². The van der Waals surface area contributed by atoms with Crippen LogP contribution in [0.2, 0.25) is 0 Å². The second-order valence-corrected chi connectivity index (χ2v) is 5.35. The largest absolute Gasteiger partial charge is 0.496 e. The number of nitrogens with zero attached hydrogens (tertiary/aromatic N) is 1. The molecular weight excluding hydrogens is 333 g/mol. The van der Waals surface area contributed by atoms with E-state index in [4.69, 9.17) is 9.47 Å². The summed E-state index contributed by atoms with van der Waals surface area (Å²) in [6.45, 7) is 1.76. The number of carbonyl (C=O) groups is 1. The van der Waals surface area contributed by atoms with Crippen molar-refractivity contribution >= 4 is 22.4 Å². The van der Waals surface area contributed by atoms with E-state index in [0.717, 1.165) is 5.38 Å². The molecule has 0 spiro atoms. The quantitative estimate of drug-likeness (QED) is 0.916. The van der Waals surface area contributed by atoms with Crippen molar-refractivity contribution < 1.29 is 27.4 Å². The molecule has 0 aliphatic carbocycles. The van der Waals surface area contributed by atoms with Crippen molar-refractivity contribution in [3.05, 3.63) is 34.3 Å². The van der Waals surface area contributed by atoms with Crippen molar-refractivity contribution in [2.75, 3.05) is 19.5 Å². The fraction of sp³-hybridized carbons (Fsp3) is 0.286. The van der Waals surface area contributed by atoms with E-state index in [1.165, 1.54) is 26.4 Å². The minimum absolute atomic E-state index is 0.138. The summed E-state index contributed by atoms with van der Waals surface area (Å²) in [6, 6.07) is 2.96. The maximum absolute atomic E-state index is 12.5. The van der Waals surface area contributed by atoms with E-state index in [2.05, 4.69) is 10.3 Å². The first-order valence-electron chi connectivity index (χ1n) is 6.33. The third-order valence-corrected chi connectivity index (χ3v) is 3.79. The molecule has 23 heavy (non-hydrogen) atoms. The monoisotopic (exact) mass is 346 g/mol. The Morgan fingerprint density at radius 1 is 1.22 bits per heavy atom. The van der Waals surface area contributed by atoms with E-state index in [1.807, 2.05) is 0 Å². The molecule has 0 radical (unpaired) electrons. The zero-order valence-electron chi connectivity index (χ0n) is 12.4. The standard InChI is InChI=1S/C14H13F3N2O3S/c1-7-9(21-2)4-8(5-10(7)22-3)12(20)19-13-18-11(6-23-13)14(15,16)17/h4-6H,1-3H3,(H,18,19,20). The summed E-state index contributed by atoms with van der Waals surface area (Å²) in [5.41, 5.74) is -0.148. The molecule has 0 atom stereocenters. The Kier molecular flexibility index (Phi) is 4.79. The molecule has 0 fully saturated rings. The second kappa shape index (κ2) is 6.45. The van der Waals surface area contributed by atoms with Crippen molar-refractivity contribution in [1.29, 1.82) is 0 Å². The van der Waals surface area contributed by atoms with Gasteiger partial charge >= 0.3 is 6.18 Å². The summed E-state index contributed by atoms with van der Waals surface area (Å²) >= 11 is 0.697. The minimum atomic E-state index is -4.55. The van der Waals surface area contributed by atoms with Crippen LogP contribution in [-0.4, -0.2) is 25.1 Å². The Labute approximate surface area is 134 Å². The van der Waals surface area contributed by atoms with E-state index in [9.17, 15) is 18.0 Å². The normalized spacial score (nSPS) is 11.2.